The number of rotatable bonds is 10. The summed E-state index contributed by atoms with van der Waals surface area (Å²) in [6.07, 6.45) is 2.57. The second-order valence-corrected chi connectivity index (χ2v) is 12.5. The normalized spacial score (nSPS) is 11.9. The van der Waals surface area contributed by atoms with Gasteiger partial charge in [-0.3, -0.25) is 14.4 Å². The summed E-state index contributed by atoms with van der Waals surface area (Å²) < 4.78 is 17.0. The maximum absolute atomic E-state index is 14.5. The van der Waals surface area contributed by atoms with Gasteiger partial charge in [-0.1, -0.05) is 78.6 Å². The summed E-state index contributed by atoms with van der Waals surface area (Å²) in [5.74, 6) is -1.62. The Morgan fingerprint density at radius 2 is 1.45 bits per heavy atom. The molecule has 0 N–H and O–H groups in total. The fourth-order valence-corrected chi connectivity index (χ4v) is 5.01. The summed E-state index contributed by atoms with van der Waals surface area (Å²) >= 11 is 0. The molecule has 1 unspecified atom stereocenters. The monoisotopic (exact) mass is 642 g/mol. The van der Waals surface area contributed by atoms with Crippen LogP contribution in [0.15, 0.2) is 72.8 Å². The molecule has 3 aromatic rings. The topological polar surface area (TPSA) is 102 Å². The standard InChI is InChI=1S/C38H46N2O7/c1-10-11-12-13-17-33(41)46-36(29-20-18-25(2)19-21-29)47-37(44)39(35(43)31-15-14-16-32(45-9)28(31)5)40(38(6,7)8)34(42)30-23-26(3)22-27(4)24-30/h12-16,18-24,36H,10-11,17H2,1-9H3/b13-12+. The number of benzene rings is 3. The molecule has 47 heavy (non-hydrogen) atoms. The van der Waals surface area contributed by atoms with Crippen molar-refractivity contribution in [3.8, 4) is 5.75 Å². The molecule has 0 aliphatic carbocycles. The minimum Gasteiger partial charge on any atom is -0.496 e. The van der Waals surface area contributed by atoms with E-state index >= 15 is 0 Å². The molecule has 0 fully saturated rings. The number of nitrogens with zero attached hydrogens (tertiary/aromatic N) is 2. The van der Waals surface area contributed by atoms with Crippen LogP contribution in [0.3, 0.4) is 0 Å². The van der Waals surface area contributed by atoms with Crippen LogP contribution < -0.4 is 4.74 Å². The van der Waals surface area contributed by atoms with E-state index in [-0.39, 0.29) is 17.5 Å². The molecular weight excluding hydrogens is 596 g/mol. The van der Waals surface area contributed by atoms with Gasteiger partial charge in [-0.15, -0.1) is 5.01 Å². The van der Waals surface area contributed by atoms with Gasteiger partial charge in [0.25, 0.3) is 18.1 Å². The molecule has 3 aromatic carbocycles. The predicted octanol–water partition coefficient (Wildman–Crippen LogP) is 8.35. The molecule has 3 rings (SSSR count). The molecule has 250 valence electrons. The molecule has 0 aliphatic heterocycles. The van der Waals surface area contributed by atoms with E-state index in [1.54, 1.807) is 88.4 Å². The van der Waals surface area contributed by atoms with E-state index in [0.29, 0.717) is 21.9 Å². The molecule has 0 aliphatic rings. The molecule has 0 saturated heterocycles. The van der Waals surface area contributed by atoms with Crippen molar-refractivity contribution < 1.29 is 33.4 Å². The molecule has 0 heterocycles. The van der Waals surface area contributed by atoms with Crippen LogP contribution in [-0.2, 0) is 14.3 Å². The number of ether oxygens (including phenoxy) is 3. The summed E-state index contributed by atoms with van der Waals surface area (Å²) in [5, 5.41) is 1.78. The van der Waals surface area contributed by atoms with Crippen molar-refractivity contribution in [1.29, 1.82) is 0 Å². The zero-order valence-electron chi connectivity index (χ0n) is 28.9. The molecule has 0 saturated carbocycles. The van der Waals surface area contributed by atoms with Crippen molar-refractivity contribution in [3.05, 3.63) is 112 Å². The first-order valence-corrected chi connectivity index (χ1v) is 15.7. The minimum atomic E-state index is -1.50. The number of hydrazine groups is 1. The number of aryl methyl sites for hydroxylation is 3. The molecule has 0 bridgehead atoms. The zero-order chi connectivity index (χ0) is 34.9. The summed E-state index contributed by atoms with van der Waals surface area (Å²) in [4.78, 5) is 56.1. The molecule has 1 atom stereocenters. The van der Waals surface area contributed by atoms with E-state index in [4.69, 9.17) is 14.2 Å². The van der Waals surface area contributed by atoms with Crippen LogP contribution in [0.4, 0.5) is 4.79 Å². The summed E-state index contributed by atoms with van der Waals surface area (Å²) in [7, 11) is 1.48. The number of hydrogen-bond acceptors (Lipinski definition) is 7. The van der Waals surface area contributed by atoms with Gasteiger partial charge in [0.2, 0.25) is 0 Å². The van der Waals surface area contributed by atoms with Crippen LogP contribution >= 0.6 is 0 Å². The number of imide groups is 1. The number of carbonyl (C=O) groups excluding carboxylic acids is 4. The van der Waals surface area contributed by atoms with Crippen LogP contribution in [-0.4, -0.2) is 46.5 Å². The lowest BCUT2D eigenvalue weighted by Gasteiger charge is -2.42. The SMILES string of the molecule is CCC/C=C/CC(=O)OC(OC(=O)N(C(=O)c1cccc(OC)c1C)N(C(=O)c1cc(C)cc(C)c1)C(C)(C)C)c1ccc(C)cc1. The van der Waals surface area contributed by atoms with E-state index in [1.165, 1.54) is 7.11 Å². The molecule has 0 radical (unpaired) electrons. The van der Waals surface area contributed by atoms with Crippen LogP contribution in [0.25, 0.3) is 0 Å². The second kappa shape index (κ2) is 16.1. The minimum absolute atomic E-state index is 0.0368. The molecule has 3 amide bonds. The van der Waals surface area contributed by atoms with Crippen molar-refractivity contribution in [2.75, 3.05) is 7.11 Å². The Balaban J connectivity index is 2.16. The third kappa shape index (κ3) is 9.54. The Labute approximate surface area is 278 Å². The van der Waals surface area contributed by atoms with Crippen molar-refractivity contribution >= 4 is 23.9 Å². The van der Waals surface area contributed by atoms with E-state index in [1.807, 2.05) is 39.8 Å². The third-order valence-electron chi connectivity index (χ3n) is 7.30. The van der Waals surface area contributed by atoms with Gasteiger partial charge in [0.1, 0.15) is 5.75 Å². The van der Waals surface area contributed by atoms with E-state index in [2.05, 4.69) is 0 Å². The van der Waals surface area contributed by atoms with Crippen molar-refractivity contribution in [2.45, 2.75) is 86.5 Å². The average molecular weight is 643 g/mol. The largest absolute Gasteiger partial charge is 0.496 e. The van der Waals surface area contributed by atoms with Gasteiger partial charge in [0.05, 0.1) is 19.1 Å². The van der Waals surface area contributed by atoms with E-state index in [0.717, 1.165) is 34.5 Å². The number of amides is 3. The maximum Gasteiger partial charge on any atom is 0.439 e. The van der Waals surface area contributed by atoms with Crippen molar-refractivity contribution in [2.24, 2.45) is 0 Å². The second-order valence-electron chi connectivity index (χ2n) is 12.5. The fraction of sp³-hybridized carbons (Fsp3) is 0.368. The first-order valence-electron chi connectivity index (χ1n) is 15.7. The van der Waals surface area contributed by atoms with Gasteiger partial charge in [0.15, 0.2) is 0 Å². The van der Waals surface area contributed by atoms with Crippen LogP contribution in [0.1, 0.15) is 102 Å². The number of methoxy groups -OCH3 is 1. The van der Waals surface area contributed by atoms with Gasteiger partial charge in [-0.25, -0.2) is 9.80 Å². The maximum atomic E-state index is 14.5. The van der Waals surface area contributed by atoms with Crippen molar-refractivity contribution in [1.82, 2.24) is 10.0 Å². The Morgan fingerprint density at radius 3 is 2.02 bits per heavy atom. The first-order chi connectivity index (χ1) is 22.2. The fourth-order valence-electron chi connectivity index (χ4n) is 5.01. The lowest BCUT2D eigenvalue weighted by atomic mass is 10.0. The number of hydrogen-bond donors (Lipinski definition) is 0. The third-order valence-corrected chi connectivity index (χ3v) is 7.30. The first kappa shape index (κ1) is 36.5. The Morgan fingerprint density at radius 1 is 0.809 bits per heavy atom. The zero-order valence-corrected chi connectivity index (χ0v) is 28.9. The van der Waals surface area contributed by atoms with Crippen LogP contribution in [0.2, 0.25) is 0 Å². The number of allylic oxidation sites excluding steroid dienone is 1. The average Bonchev–Trinajstić information content (AvgIpc) is 3.00. The highest BCUT2D eigenvalue weighted by Crippen LogP contribution is 2.30. The Kier molecular flexibility index (Phi) is 12.5. The Bertz CT molecular complexity index is 1600. The van der Waals surface area contributed by atoms with Crippen LogP contribution in [0, 0.1) is 27.7 Å². The van der Waals surface area contributed by atoms with Gasteiger partial charge >= 0.3 is 12.1 Å². The number of unbranched alkanes of at least 4 members (excludes halogenated alkanes) is 1. The van der Waals surface area contributed by atoms with E-state index in [9.17, 15) is 19.2 Å². The molecule has 0 aromatic heterocycles. The summed E-state index contributed by atoms with van der Waals surface area (Å²) in [6.45, 7) is 14.5. The lowest BCUT2D eigenvalue weighted by Crippen LogP contribution is -2.60. The number of esters is 1. The molecule has 0 spiro atoms. The number of carbonyl (C=O) groups is 4. The van der Waals surface area contributed by atoms with Crippen LogP contribution in [0.5, 0.6) is 5.75 Å². The predicted molar refractivity (Wildman–Crippen MR) is 181 cm³/mol. The smallest absolute Gasteiger partial charge is 0.439 e. The highest BCUT2D eigenvalue weighted by atomic mass is 16.7. The quantitative estimate of drug-likeness (QED) is 0.0948. The highest BCUT2D eigenvalue weighted by molar-refractivity contribution is 6.07. The van der Waals surface area contributed by atoms with Crippen molar-refractivity contribution in [3.63, 3.8) is 0 Å². The molecule has 9 heteroatoms. The van der Waals surface area contributed by atoms with Gasteiger partial charge in [0, 0.05) is 22.3 Å². The van der Waals surface area contributed by atoms with Gasteiger partial charge in [-0.05, 0) is 79.2 Å². The van der Waals surface area contributed by atoms with Gasteiger partial charge < -0.3 is 14.2 Å². The molecule has 9 nitrogen and oxygen atoms in total. The highest BCUT2D eigenvalue weighted by Gasteiger charge is 2.42. The summed E-state index contributed by atoms with van der Waals surface area (Å²) in [5.41, 5.74) is 2.76. The van der Waals surface area contributed by atoms with Gasteiger partial charge in [-0.2, -0.15) is 0 Å². The Hall–Kier alpha value is -4.92. The summed E-state index contributed by atoms with van der Waals surface area (Å²) in [6, 6.07) is 17.1. The van der Waals surface area contributed by atoms with E-state index < -0.39 is 35.7 Å². The molecular formula is C38H46N2O7. The lowest BCUT2D eigenvalue weighted by molar-refractivity contribution is -0.171.